The third kappa shape index (κ3) is 3.16. The second-order valence-corrected chi connectivity index (χ2v) is 7.24. The maximum absolute atomic E-state index is 15.1. The molecule has 2 N–H and O–H groups in total. The number of benzene rings is 2. The summed E-state index contributed by atoms with van der Waals surface area (Å²) >= 11 is 0. The van der Waals surface area contributed by atoms with Gasteiger partial charge in [-0.25, -0.2) is 19.0 Å². The molecule has 0 saturated heterocycles. The molecule has 1 saturated carbocycles. The highest BCUT2D eigenvalue weighted by molar-refractivity contribution is 5.98. The summed E-state index contributed by atoms with van der Waals surface area (Å²) in [7, 11) is 0. The molecule has 0 bridgehead atoms. The van der Waals surface area contributed by atoms with Gasteiger partial charge in [-0.1, -0.05) is 18.2 Å². The van der Waals surface area contributed by atoms with Gasteiger partial charge in [-0.3, -0.25) is 4.79 Å². The van der Waals surface area contributed by atoms with Crippen LogP contribution in [0.2, 0.25) is 0 Å². The number of carbonyl (C=O) groups excluding carboxylic acids is 1. The topological polar surface area (TPSA) is 95.9 Å². The van der Waals surface area contributed by atoms with Crippen molar-refractivity contribution in [3.8, 4) is 22.8 Å². The third-order valence-corrected chi connectivity index (χ3v) is 5.26. The first-order valence-electron chi connectivity index (χ1n) is 9.63. The summed E-state index contributed by atoms with van der Waals surface area (Å²) in [4.78, 5) is 20.1. The van der Waals surface area contributed by atoms with Gasteiger partial charge in [0.15, 0.2) is 5.65 Å². The summed E-state index contributed by atoms with van der Waals surface area (Å²) < 4.78 is 22.5. The van der Waals surface area contributed by atoms with Crippen LogP contribution in [0, 0.1) is 5.82 Å². The molecule has 1 unspecified atom stereocenters. The molecule has 8 heteroatoms. The number of nitrogens with zero attached hydrogens (tertiary/aromatic N) is 4. The average Bonchev–Trinajstić information content (AvgIpc) is 3.33. The highest BCUT2D eigenvalue weighted by atomic mass is 19.1. The van der Waals surface area contributed by atoms with Crippen molar-refractivity contribution in [2.24, 2.45) is 0 Å². The van der Waals surface area contributed by atoms with Gasteiger partial charge in [-0.2, -0.15) is 5.10 Å². The van der Waals surface area contributed by atoms with E-state index in [-0.39, 0.29) is 23.2 Å². The molecule has 1 fully saturated rings. The summed E-state index contributed by atoms with van der Waals surface area (Å²) in [6.07, 6.45) is 2.91. The number of hydrogen-bond donors (Lipinski definition) is 1. The smallest absolute Gasteiger partial charge is 0.164 e. The van der Waals surface area contributed by atoms with Crippen molar-refractivity contribution in [3.63, 3.8) is 0 Å². The van der Waals surface area contributed by atoms with Gasteiger partial charge in [0.1, 0.15) is 40.9 Å². The van der Waals surface area contributed by atoms with Crippen LogP contribution in [0.1, 0.15) is 25.3 Å². The first-order chi connectivity index (χ1) is 14.6. The summed E-state index contributed by atoms with van der Waals surface area (Å²) in [5, 5.41) is 5.09. The van der Waals surface area contributed by atoms with Crippen LogP contribution in [0.15, 0.2) is 54.9 Å². The van der Waals surface area contributed by atoms with Gasteiger partial charge in [-0.15, -0.1) is 0 Å². The second-order valence-electron chi connectivity index (χ2n) is 7.24. The molecule has 1 atom stereocenters. The Morgan fingerprint density at radius 2 is 1.93 bits per heavy atom. The predicted octanol–water partition coefficient (Wildman–Crippen LogP) is 4.30. The van der Waals surface area contributed by atoms with Crippen molar-refractivity contribution in [1.29, 1.82) is 0 Å². The Bertz CT molecular complexity index is 1260. The van der Waals surface area contributed by atoms with Gasteiger partial charge in [-0.05, 0) is 30.7 Å². The molecule has 5 rings (SSSR count). The first kappa shape index (κ1) is 18.2. The fraction of sp³-hybridized carbons (Fsp3) is 0.182. The molecular weight excluding hydrogens is 385 g/mol. The fourth-order valence-electron chi connectivity index (χ4n) is 3.82. The van der Waals surface area contributed by atoms with Crippen LogP contribution in [0.5, 0.6) is 11.5 Å². The van der Waals surface area contributed by atoms with E-state index in [4.69, 9.17) is 10.5 Å². The van der Waals surface area contributed by atoms with Gasteiger partial charge in [0.25, 0.3) is 0 Å². The van der Waals surface area contributed by atoms with Gasteiger partial charge in [0.2, 0.25) is 0 Å². The van der Waals surface area contributed by atoms with Crippen LogP contribution in [0.25, 0.3) is 22.3 Å². The van der Waals surface area contributed by atoms with Crippen molar-refractivity contribution in [2.45, 2.75) is 25.3 Å². The molecule has 1 aliphatic rings. The molecule has 2 aromatic carbocycles. The van der Waals surface area contributed by atoms with E-state index in [1.807, 2.05) is 18.2 Å². The molecule has 0 aliphatic heterocycles. The van der Waals surface area contributed by atoms with E-state index >= 15 is 4.39 Å². The lowest BCUT2D eigenvalue weighted by molar-refractivity contribution is -0.117. The number of ether oxygens (including phenoxy) is 1. The number of fused-ring (bicyclic) bond motifs is 1. The normalized spacial score (nSPS) is 16.3. The van der Waals surface area contributed by atoms with Crippen molar-refractivity contribution in [3.05, 3.63) is 60.7 Å². The molecule has 1 aliphatic carbocycles. The van der Waals surface area contributed by atoms with E-state index in [2.05, 4.69) is 15.1 Å². The van der Waals surface area contributed by atoms with Crippen LogP contribution >= 0.6 is 0 Å². The quantitative estimate of drug-likeness (QED) is 0.546. The van der Waals surface area contributed by atoms with Crippen molar-refractivity contribution >= 4 is 22.6 Å². The predicted molar refractivity (Wildman–Crippen MR) is 110 cm³/mol. The van der Waals surface area contributed by atoms with Crippen LogP contribution in [-0.2, 0) is 4.79 Å². The zero-order chi connectivity index (χ0) is 20.7. The Balaban J connectivity index is 1.58. The van der Waals surface area contributed by atoms with E-state index in [1.54, 1.807) is 28.9 Å². The highest BCUT2D eigenvalue weighted by Gasteiger charge is 2.29. The van der Waals surface area contributed by atoms with E-state index in [0.717, 1.165) is 0 Å². The van der Waals surface area contributed by atoms with Gasteiger partial charge in [0, 0.05) is 24.5 Å². The Hall–Kier alpha value is -3.81. The maximum Gasteiger partial charge on any atom is 0.164 e. The minimum atomic E-state index is -0.499. The molecule has 0 radical (unpaired) electrons. The number of halogens is 1. The standard InChI is InChI=1S/C22H18FN5O2/c23-18-11-16(30-15-4-2-1-3-5-15)8-9-17(18)20-19-21(24)25-12-26-22(19)28(27-20)13-6-7-14(29)10-13/h1-5,8-9,11-13H,6-7,10H2,(H2,24,25,26). The van der Waals surface area contributed by atoms with E-state index in [9.17, 15) is 4.79 Å². The average molecular weight is 403 g/mol. The zero-order valence-electron chi connectivity index (χ0n) is 16.0. The minimum Gasteiger partial charge on any atom is -0.457 e. The number of Topliss-reactive ketones (excluding diaryl/α,β-unsaturated/α-hetero) is 1. The Labute approximate surface area is 171 Å². The number of rotatable bonds is 4. The van der Waals surface area contributed by atoms with Crippen molar-refractivity contribution < 1.29 is 13.9 Å². The van der Waals surface area contributed by atoms with Gasteiger partial charge in [0.05, 0.1) is 11.4 Å². The van der Waals surface area contributed by atoms with Crippen LogP contribution in [0.3, 0.4) is 0 Å². The number of aromatic nitrogens is 4. The van der Waals surface area contributed by atoms with Gasteiger partial charge < -0.3 is 10.5 Å². The molecule has 2 aromatic heterocycles. The first-order valence-corrected chi connectivity index (χ1v) is 9.63. The Morgan fingerprint density at radius 3 is 2.67 bits per heavy atom. The number of ketones is 1. The van der Waals surface area contributed by atoms with E-state index in [1.165, 1.54) is 12.4 Å². The molecule has 2 heterocycles. The number of para-hydroxylation sites is 1. The van der Waals surface area contributed by atoms with Crippen LogP contribution in [0.4, 0.5) is 10.2 Å². The summed E-state index contributed by atoms with van der Waals surface area (Å²) in [5.41, 5.74) is 7.22. The lowest BCUT2D eigenvalue weighted by Gasteiger charge is -2.09. The number of anilines is 1. The number of nitrogens with two attached hydrogens (primary N) is 1. The highest BCUT2D eigenvalue weighted by Crippen LogP contribution is 2.37. The number of nitrogen functional groups attached to an aromatic ring is 1. The monoisotopic (exact) mass is 403 g/mol. The molecular formula is C22H18FN5O2. The lowest BCUT2D eigenvalue weighted by atomic mass is 10.1. The SMILES string of the molecule is Nc1ncnc2c1c(-c1ccc(Oc3ccccc3)cc1F)nn2C1CCC(=O)C1. The summed E-state index contributed by atoms with van der Waals surface area (Å²) in [6, 6.07) is 13.6. The number of carbonyl (C=O) groups is 1. The molecule has 0 amide bonds. The molecule has 7 nitrogen and oxygen atoms in total. The lowest BCUT2D eigenvalue weighted by Crippen LogP contribution is -2.08. The molecule has 4 aromatic rings. The minimum absolute atomic E-state index is 0.119. The van der Waals surface area contributed by atoms with Crippen molar-refractivity contribution in [2.75, 3.05) is 5.73 Å². The second kappa shape index (κ2) is 7.22. The zero-order valence-corrected chi connectivity index (χ0v) is 16.0. The van der Waals surface area contributed by atoms with Crippen molar-refractivity contribution in [1.82, 2.24) is 19.7 Å². The van der Waals surface area contributed by atoms with E-state index < -0.39 is 5.82 Å². The Morgan fingerprint density at radius 1 is 1.10 bits per heavy atom. The molecule has 0 spiro atoms. The largest absolute Gasteiger partial charge is 0.457 e. The third-order valence-electron chi connectivity index (χ3n) is 5.26. The number of hydrogen-bond acceptors (Lipinski definition) is 6. The summed E-state index contributed by atoms with van der Waals surface area (Å²) in [6.45, 7) is 0. The fourth-order valence-corrected chi connectivity index (χ4v) is 3.82. The summed E-state index contributed by atoms with van der Waals surface area (Å²) in [5.74, 6) is 0.885. The van der Waals surface area contributed by atoms with Crippen LogP contribution in [-0.4, -0.2) is 25.5 Å². The van der Waals surface area contributed by atoms with Gasteiger partial charge >= 0.3 is 0 Å². The van der Waals surface area contributed by atoms with Crippen LogP contribution < -0.4 is 10.5 Å². The maximum atomic E-state index is 15.1. The Kier molecular flexibility index (Phi) is 4.39. The molecule has 150 valence electrons. The van der Waals surface area contributed by atoms with E-state index in [0.29, 0.717) is 47.5 Å². The molecule has 30 heavy (non-hydrogen) atoms.